The molecule has 0 aromatic carbocycles. The molecule has 0 fully saturated rings. The maximum Gasteiger partial charge on any atom is 0.297 e. The van der Waals surface area contributed by atoms with Crippen LogP contribution in [0.5, 0.6) is 0 Å². The van der Waals surface area contributed by atoms with Crippen LogP contribution in [0, 0.1) is 5.92 Å². The first kappa shape index (κ1) is 16.9. The molecule has 0 unspecified atom stereocenters. The Hall–Kier alpha value is -0.136. The summed E-state index contributed by atoms with van der Waals surface area (Å²) in [6.45, 7) is 16.5. The molecule has 0 aliphatic heterocycles. The second-order valence-electron chi connectivity index (χ2n) is 6.50. The van der Waals surface area contributed by atoms with E-state index in [1.165, 1.54) is 0 Å². The number of carbonyl (C=O) groups is 1. The van der Waals surface area contributed by atoms with Crippen molar-refractivity contribution in [3.63, 3.8) is 0 Å². The van der Waals surface area contributed by atoms with Crippen LogP contribution in [-0.4, -0.2) is 28.7 Å². The second kappa shape index (κ2) is 6.15. The molecular formula is C12H28O3Si2. The second-order valence-corrected chi connectivity index (χ2v) is 15.4. The van der Waals surface area contributed by atoms with Crippen molar-refractivity contribution in [3.05, 3.63) is 0 Å². The van der Waals surface area contributed by atoms with Crippen molar-refractivity contribution in [1.82, 2.24) is 0 Å². The van der Waals surface area contributed by atoms with Gasteiger partial charge in [0.25, 0.3) is 5.97 Å². The number of hydrogen-bond donors (Lipinski definition) is 0. The number of carbonyl (C=O) groups excluding carboxylic acids is 1. The molecule has 0 rings (SSSR count). The normalized spacial score (nSPS) is 16.5. The molecule has 17 heavy (non-hydrogen) atoms. The molecule has 0 amide bonds. The minimum Gasteiger partial charge on any atom is -0.520 e. The van der Waals surface area contributed by atoms with Gasteiger partial charge in [0.15, 0.2) is 8.32 Å². The predicted octanol–water partition coefficient (Wildman–Crippen LogP) is 3.63. The molecule has 0 heterocycles. The summed E-state index contributed by atoms with van der Waals surface area (Å²) in [6, 6.07) is 0. The highest BCUT2D eigenvalue weighted by atomic mass is 28.4. The summed E-state index contributed by atoms with van der Waals surface area (Å²) in [5, 5.41) is 0. The predicted molar refractivity (Wildman–Crippen MR) is 77.1 cm³/mol. The van der Waals surface area contributed by atoms with Gasteiger partial charge in [-0.25, -0.2) is 0 Å². The van der Waals surface area contributed by atoms with Crippen molar-refractivity contribution in [2.24, 2.45) is 5.92 Å². The van der Waals surface area contributed by atoms with Gasteiger partial charge in [-0.15, -0.1) is 0 Å². The van der Waals surface area contributed by atoms with Gasteiger partial charge >= 0.3 is 0 Å². The summed E-state index contributed by atoms with van der Waals surface area (Å²) in [5.74, 6) is -0.271. The van der Waals surface area contributed by atoms with Gasteiger partial charge in [0.05, 0.1) is 12.0 Å². The van der Waals surface area contributed by atoms with Crippen LogP contribution in [0.3, 0.4) is 0 Å². The largest absolute Gasteiger partial charge is 0.520 e. The zero-order valence-corrected chi connectivity index (χ0v) is 14.6. The van der Waals surface area contributed by atoms with E-state index in [0.29, 0.717) is 0 Å². The molecule has 0 saturated carbocycles. The molecule has 2 atom stereocenters. The molecule has 0 aromatic rings. The van der Waals surface area contributed by atoms with Crippen molar-refractivity contribution >= 4 is 22.6 Å². The molecular weight excluding hydrogens is 248 g/mol. The Balaban J connectivity index is 4.54. The highest BCUT2D eigenvalue weighted by Gasteiger charge is 2.31. The summed E-state index contributed by atoms with van der Waals surface area (Å²) >= 11 is 0. The van der Waals surface area contributed by atoms with Gasteiger partial charge in [0.2, 0.25) is 8.32 Å². The third-order valence-corrected chi connectivity index (χ3v) is 4.07. The molecule has 0 aliphatic carbocycles. The Morgan fingerprint density at radius 3 is 1.82 bits per heavy atom. The standard InChI is InChI=1S/C12H28O3Si2/c1-9-11(14-16(3,4)5)10(2)12(13)15-17(6,7)8/h10-11H,9H2,1-8H3/t10-,11-/m0/s1. The summed E-state index contributed by atoms with van der Waals surface area (Å²) in [4.78, 5) is 12.0. The van der Waals surface area contributed by atoms with Crippen molar-refractivity contribution in [2.45, 2.75) is 65.7 Å². The topological polar surface area (TPSA) is 35.5 Å². The SMILES string of the molecule is CC[C@H](O[Si](C)(C)C)[C@H](C)C(=O)O[Si](C)(C)C. The summed E-state index contributed by atoms with van der Waals surface area (Å²) < 4.78 is 11.6. The Morgan fingerprint density at radius 2 is 1.53 bits per heavy atom. The molecule has 0 aliphatic rings. The molecule has 102 valence electrons. The van der Waals surface area contributed by atoms with E-state index in [-0.39, 0.29) is 18.0 Å². The van der Waals surface area contributed by atoms with E-state index in [0.717, 1.165) is 6.42 Å². The fourth-order valence-electron chi connectivity index (χ4n) is 1.54. The van der Waals surface area contributed by atoms with E-state index in [2.05, 4.69) is 26.6 Å². The molecule has 0 radical (unpaired) electrons. The van der Waals surface area contributed by atoms with E-state index >= 15 is 0 Å². The maximum atomic E-state index is 12.0. The Kier molecular flexibility index (Phi) is 6.11. The molecule has 5 heteroatoms. The number of rotatable bonds is 6. The van der Waals surface area contributed by atoms with Gasteiger partial charge in [0, 0.05) is 0 Å². The molecule has 0 aromatic heterocycles. The molecule has 0 N–H and O–H groups in total. The molecule has 0 spiro atoms. The van der Waals surface area contributed by atoms with Gasteiger partial charge in [-0.1, -0.05) is 6.92 Å². The third-order valence-electron chi connectivity index (χ3n) is 2.24. The lowest BCUT2D eigenvalue weighted by Gasteiger charge is -2.30. The van der Waals surface area contributed by atoms with Crippen LogP contribution in [0.1, 0.15) is 20.3 Å². The van der Waals surface area contributed by atoms with E-state index in [9.17, 15) is 4.79 Å². The molecule has 0 bridgehead atoms. The molecule has 0 saturated heterocycles. The van der Waals surface area contributed by atoms with E-state index < -0.39 is 16.6 Å². The first-order valence-corrected chi connectivity index (χ1v) is 13.2. The first-order chi connectivity index (χ1) is 7.46. The lowest BCUT2D eigenvalue weighted by molar-refractivity contribution is -0.142. The van der Waals surface area contributed by atoms with Gasteiger partial charge in [0.1, 0.15) is 0 Å². The van der Waals surface area contributed by atoms with E-state index in [1.54, 1.807) is 0 Å². The summed E-state index contributed by atoms with van der Waals surface area (Å²) in [5.41, 5.74) is 0. The zero-order valence-electron chi connectivity index (χ0n) is 12.6. The third kappa shape index (κ3) is 7.73. The fraction of sp³-hybridized carbons (Fsp3) is 0.917. The quantitative estimate of drug-likeness (QED) is 0.695. The van der Waals surface area contributed by atoms with E-state index in [4.69, 9.17) is 8.85 Å². The first-order valence-electron chi connectivity index (χ1n) is 6.37. The summed E-state index contributed by atoms with van der Waals surface area (Å²) in [7, 11) is -3.40. The lowest BCUT2D eigenvalue weighted by atomic mass is 10.0. The Labute approximate surface area is 108 Å². The van der Waals surface area contributed by atoms with Crippen molar-refractivity contribution in [2.75, 3.05) is 0 Å². The maximum absolute atomic E-state index is 12.0. The van der Waals surface area contributed by atoms with Crippen molar-refractivity contribution in [1.29, 1.82) is 0 Å². The van der Waals surface area contributed by atoms with E-state index in [1.807, 2.05) is 26.6 Å². The Morgan fingerprint density at radius 1 is 1.06 bits per heavy atom. The molecule has 3 nitrogen and oxygen atoms in total. The average Bonchev–Trinajstić information content (AvgIpc) is 2.08. The Bertz CT molecular complexity index is 253. The van der Waals surface area contributed by atoms with Crippen molar-refractivity contribution < 1.29 is 13.6 Å². The van der Waals surface area contributed by atoms with Crippen molar-refractivity contribution in [3.8, 4) is 0 Å². The van der Waals surface area contributed by atoms with Crippen LogP contribution < -0.4 is 0 Å². The van der Waals surface area contributed by atoms with Crippen LogP contribution in [0.4, 0.5) is 0 Å². The van der Waals surface area contributed by atoms with Crippen LogP contribution in [0.2, 0.25) is 39.3 Å². The van der Waals surface area contributed by atoms with Crippen LogP contribution >= 0.6 is 0 Å². The van der Waals surface area contributed by atoms with Gasteiger partial charge in [-0.2, -0.15) is 0 Å². The minimum atomic E-state index is -1.79. The van der Waals surface area contributed by atoms with Gasteiger partial charge in [-0.05, 0) is 52.6 Å². The number of hydrogen-bond acceptors (Lipinski definition) is 3. The monoisotopic (exact) mass is 276 g/mol. The van der Waals surface area contributed by atoms with Crippen LogP contribution in [-0.2, 0) is 13.6 Å². The summed E-state index contributed by atoms with van der Waals surface area (Å²) in [6.07, 6.45) is 0.845. The van der Waals surface area contributed by atoms with Crippen LogP contribution in [0.25, 0.3) is 0 Å². The van der Waals surface area contributed by atoms with Gasteiger partial charge < -0.3 is 8.85 Å². The average molecular weight is 277 g/mol. The lowest BCUT2D eigenvalue weighted by Crippen LogP contribution is -2.41. The smallest absolute Gasteiger partial charge is 0.297 e. The van der Waals surface area contributed by atoms with Crippen LogP contribution in [0.15, 0.2) is 0 Å². The highest BCUT2D eigenvalue weighted by Crippen LogP contribution is 2.20. The minimum absolute atomic E-state index is 0.00878. The van der Waals surface area contributed by atoms with Gasteiger partial charge in [-0.3, -0.25) is 4.79 Å². The zero-order chi connectivity index (χ0) is 13.9. The highest BCUT2D eigenvalue weighted by molar-refractivity contribution is 6.71. The fourth-order valence-corrected chi connectivity index (χ4v) is 3.61.